The maximum Gasteiger partial charge on any atom is 0.259 e. The van der Waals surface area contributed by atoms with Crippen LogP contribution >= 0.6 is 39.0 Å². The van der Waals surface area contributed by atoms with Crippen molar-refractivity contribution in [1.82, 2.24) is 5.48 Å². The molecule has 2 aromatic rings. The quantitative estimate of drug-likeness (QED) is 0.331. The number of nitrogens with one attached hydrogen (secondary N) is 1. The van der Waals surface area contributed by atoms with Crippen molar-refractivity contribution in [2.45, 2.75) is 37.4 Å². The second-order valence-corrected chi connectivity index (χ2v) is 9.66. The molecule has 0 aliphatic rings. The lowest BCUT2D eigenvalue weighted by Gasteiger charge is -2.24. The number of halogens is 1. The first-order valence-electron chi connectivity index (χ1n) is 7.83. The van der Waals surface area contributed by atoms with E-state index in [0.717, 1.165) is 29.5 Å². The molecule has 130 valence electrons. The highest BCUT2D eigenvalue weighted by Crippen LogP contribution is 2.32. The maximum absolute atomic E-state index is 11.7. The first-order chi connectivity index (χ1) is 11.5. The van der Waals surface area contributed by atoms with Gasteiger partial charge in [0.05, 0.1) is 8.53 Å². The summed E-state index contributed by atoms with van der Waals surface area (Å²) in [7, 11) is 0. The third-order valence-electron chi connectivity index (χ3n) is 4.21. The molecule has 0 bridgehead atoms. The standard InChI is InChI=1S/C18H22BrNO2S2/c1-18(23-2,17(21)20-22)12-4-3-5-13-6-8-14(9-7-13)15-10-11-16(19)24-15/h6-11,22H,3-5,12H2,1-2H3,(H,20,21). The van der Waals surface area contributed by atoms with Gasteiger partial charge in [-0.2, -0.15) is 0 Å². The molecule has 2 rings (SSSR count). The molecular formula is C18H22BrNO2S2. The van der Waals surface area contributed by atoms with Gasteiger partial charge in [0, 0.05) is 4.88 Å². The molecule has 1 amide bonds. The lowest BCUT2D eigenvalue weighted by molar-refractivity contribution is -0.131. The minimum atomic E-state index is -0.564. The number of hydrogen-bond donors (Lipinski definition) is 2. The number of carbonyl (C=O) groups is 1. The smallest absolute Gasteiger partial charge is 0.259 e. The largest absolute Gasteiger partial charge is 0.289 e. The molecule has 6 heteroatoms. The van der Waals surface area contributed by atoms with Crippen molar-refractivity contribution in [3.05, 3.63) is 45.7 Å². The van der Waals surface area contributed by atoms with Crippen molar-refractivity contribution < 1.29 is 10.0 Å². The molecule has 0 fully saturated rings. The summed E-state index contributed by atoms with van der Waals surface area (Å²) < 4.78 is 0.580. The van der Waals surface area contributed by atoms with Crippen LogP contribution in [0.1, 0.15) is 31.7 Å². The van der Waals surface area contributed by atoms with Gasteiger partial charge in [-0.25, -0.2) is 5.48 Å². The number of hydrogen-bond acceptors (Lipinski definition) is 4. The van der Waals surface area contributed by atoms with Crippen LogP contribution in [-0.4, -0.2) is 22.1 Å². The Morgan fingerprint density at radius 2 is 1.96 bits per heavy atom. The van der Waals surface area contributed by atoms with Crippen LogP contribution in [0.25, 0.3) is 10.4 Å². The summed E-state index contributed by atoms with van der Waals surface area (Å²) in [4.78, 5) is 13.0. The first kappa shape index (κ1) is 19.5. The first-order valence-corrected chi connectivity index (χ1v) is 10.7. The molecule has 0 spiro atoms. The summed E-state index contributed by atoms with van der Waals surface area (Å²) in [5.74, 6) is -0.318. The molecule has 2 N–H and O–H groups in total. The number of benzene rings is 1. The van der Waals surface area contributed by atoms with Gasteiger partial charge in [-0.1, -0.05) is 30.7 Å². The lowest BCUT2D eigenvalue weighted by atomic mass is 9.99. The highest BCUT2D eigenvalue weighted by Gasteiger charge is 2.31. The molecule has 1 atom stereocenters. The fourth-order valence-electron chi connectivity index (χ4n) is 2.52. The van der Waals surface area contributed by atoms with Crippen LogP contribution in [0.15, 0.2) is 40.2 Å². The van der Waals surface area contributed by atoms with E-state index < -0.39 is 4.75 Å². The summed E-state index contributed by atoms with van der Waals surface area (Å²) in [5, 5.41) is 8.84. The van der Waals surface area contributed by atoms with Crippen molar-refractivity contribution in [2.24, 2.45) is 0 Å². The van der Waals surface area contributed by atoms with E-state index in [1.165, 1.54) is 27.8 Å². The Morgan fingerprint density at radius 1 is 1.25 bits per heavy atom. The molecule has 1 unspecified atom stereocenters. The van der Waals surface area contributed by atoms with Gasteiger partial charge in [-0.05, 0) is 71.6 Å². The molecule has 3 nitrogen and oxygen atoms in total. The van der Waals surface area contributed by atoms with Gasteiger partial charge in [0.1, 0.15) is 0 Å². The maximum atomic E-state index is 11.7. The number of amides is 1. The van der Waals surface area contributed by atoms with Crippen molar-refractivity contribution in [3.8, 4) is 10.4 Å². The Labute approximate surface area is 159 Å². The van der Waals surface area contributed by atoms with E-state index in [4.69, 9.17) is 5.21 Å². The van der Waals surface area contributed by atoms with Gasteiger partial charge < -0.3 is 0 Å². The Bertz CT molecular complexity index is 672. The number of hydroxylamine groups is 1. The highest BCUT2D eigenvalue weighted by molar-refractivity contribution is 9.11. The number of carbonyl (C=O) groups excluding carboxylic acids is 1. The number of thioether (sulfide) groups is 1. The normalized spacial score (nSPS) is 13.5. The Morgan fingerprint density at radius 3 is 2.50 bits per heavy atom. The van der Waals surface area contributed by atoms with Gasteiger partial charge in [0.25, 0.3) is 5.91 Å². The summed E-state index contributed by atoms with van der Waals surface area (Å²) >= 11 is 6.71. The molecule has 0 saturated heterocycles. The van der Waals surface area contributed by atoms with Gasteiger partial charge >= 0.3 is 0 Å². The minimum absolute atomic E-state index is 0.318. The number of thiophene rings is 1. The SMILES string of the molecule is CSC(C)(CCCCc1ccc(-c2ccc(Br)s2)cc1)C(=O)NO. The van der Waals surface area contributed by atoms with E-state index in [1.807, 2.05) is 13.2 Å². The van der Waals surface area contributed by atoms with Crippen molar-refractivity contribution in [1.29, 1.82) is 0 Å². The van der Waals surface area contributed by atoms with Crippen LogP contribution in [0, 0.1) is 0 Å². The van der Waals surface area contributed by atoms with Crippen LogP contribution in [0.2, 0.25) is 0 Å². The van der Waals surface area contributed by atoms with Crippen LogP contribution < -0.4 is 5.48 Å². The average Bonchev–Trinajstić information content (AvgIpc) is 3.04. The number of unbranched alkanes of at least 4 members (excludes halogenated alkanes) is 1. The molecule has 1 heterocycles. The van der Waals surface area contributed by atoms with Crippen LogP contribution in [0.4, 0.5) is 0 Å². The second kappa shape index (κ2) is 9.04. The highest BCUT2D eigenvalue weighted by atomic mass is 79.9. The van der Waals surface area contributed by atoms with E-state index in [2.05, 4.69) is 52.3 Å². The van der Waals surface area contributed by atoms with E-state index in [-0.39, 0.29) is 5.91 Å². The zero-order valence-corrected chi connectivity index (χ0v) is 17.1. The average molecular weight is 428 g/mol. The molecule has 1 aromatic carbocycles. The van der Waals surface area contributed by atoms with Crippen LogP contribution in [-0.2, 0) is 11.2 Å². The molecule has 0 saturated carbocycles. The molecular weight excluding hydrogens is 406 g/mol. The fraction of sp³-hybridized carbons (Fsp3) is 0.389. The Kier molecular flexibility index (Phi) is 7.34. The van der Waals surface area contributed by atoms with Gasteiger partial charge in [-0.15, -0.1) is 23.1 Å². The minimum Gasteiger partial charge on any atom is -0.289 e. The van der Waals surface area contributed by atoms with Crippen LogP contribution in [0.5, 0.6) is 0 Å². The summed E-state index contributed by atoms with van der Waals surface area (Å²) in [6.07, 6.45) is 5.63. The Hall–Kier alpha value is -0.820. The summed E-state index contributed by atoms with van der Waals surface area (Å²) in [6, 6.07) is 12.9. The van der Waals surface area contributed by atoms with Crippen molar-refractivity contribution in [3.63, 3.8) is 0 Å². The molecule has 1 aromatic heterocycles. The lowest BCUT2D eigenvalue weighted by Crippen LogP contribution is -2.40. The van der Waals surface area contributed by atoms with Gasteiger partial charge in [0.2, 0.25) is 0 Å². The molecule has 0 aliphatic heterocycles. The number of rotatable bonds is 8. The third-order valence-corrected chi connectivity index (χ3v) is 7.18. The predicted molar refractivity (Wildman–Crippen MR) is 107 cm³/mol. The third kappa shape index (κ3) is 5.09. The van der Waals surface area contributed by atoms with Crippen molar-refractivity contribution >= 4 is 44.9 Å². The van der Waals surface area contributed by atoms with E-state index >= 15 is 0 Å². The Balaban J connectivity index is 1.83. The summed E-state index contributed by atoms with van der Waals surface area (Å²) in [6.45, 7) is 1.87. The molecule has 0 aliphatic carbocycles. The summed E-state index contributed by atoms with van der Waals surface area (Å²) in [5.41, 5.74) is 4.33. The molecule has 24 heavy (non-hydrogen) atoms. The number of aryl methyl sites for hydroxylation is 1. The second-order valence-electron chi connectivity index (χ2n) is 5.88. The molecule has 0 radical (unpaired) electrons. The van der Waals surface area contributed by atoms with E-state index in [0.29, 0.717) is 0 Å². The van der Waals surface area contributed by atoms with Crippen LogP contribution in [0.3, 0.4) is 0 Å². The topological polar surface area (TPSA) is 49.3 Å². The zero-order chi connectivity index (χ0) is 17.6. The van der Waals surface area contributed by atoms with E-state index in [9.17, 15) is 4.79 Å². The monoisotopic (exact) mass is 427 g/mol. The van der Waals surface area contributed by atoms with E-state index in [1.54, 1.807) is 16.8 Å². The predicted octanol–water partition coefficient (Wildman–Crippen LogP) is 5.52. The van der Waals surface area contributed by atoms with Gasteiger partial charge in [0.15, 0.2) is 0 Å². The van der Waals surface area contributed by atoms with Gasteiger partial charge in [-0.3, -0.25) is 10.0 Å². The fourth-order valence-corrected chi connectivity index (χ4v) is 4.49. The zero-order valence-electron chi connectivity index (χ0n) is 13.8. The van der Waals surface area contributed by atoms with Crippen molar-refractivity contribution in [2.75, 3.05) is 6.26 Å².